The maximum atomic E-state index is 11.8. The standard InChI is InChI=1S/C6H9BrF3N/c7-5-1-2-11(3-5)4-6(8,9)10/h5H,1-4H2. The summed E-state index contributed by atoms with van der Waals surface area (Å²) < 4.78 is 35.3. The average Bonchev–Trinajstić information content (AvgIpc) is 2.10. The summed E-state index contributed by atoms with van der Waals surface area (Å²) in [6, 6.07) is 0. The second-order valence-electron chi connectivity index (χ2n) is 2.74. The van der Waals surface area contributed by atoms with Crippen molar-refractivity contribution in [2.75, 3.05) is 19.6 Å². The van der Waals surface area contributed by atoms with Crippen molar-refractivity contribution in [1.29, 1.82) is 0 Å². The topological polar surface area (TPSA) is 3.24 Å². The van der Waals surface area contributed by atoms with E-state index in [1.165, 1.54) is 4.90 Å². The number of likely N-dealkylation sites (tertiary alicyclic amines) is 1. The molecule has 1 nitrogen and oxygen atoms in total. The largest absolute Gasteiger partial charge is 0.401 e. The molecule has 1 fully saturated rings. The van der Waals surface area contributed by atoms with Crippen molar-refractivity contribution < 1.29 is 13.2 Å². The molecule has 1 aliphatic heterocycles. The highest BCUT2D eigenvalue weighted by atomic mass is 79.9. The van der Waals surface area contributed by atoms with Crippen molar-refractivity contribution >= 4 is 15.9 Å². The summed E-state index contributed by atoms with van der Waals surface area (Å²) in [5.74, 6) is 0. The summed E-state index contributed by atoms with van der Waals surface area (Å²) in [6.07, 6.45) is -3.23. The Kier molecular flexibility index (Phi) is 2.80. The van der Waals surface area contributed by atoms with E-state index in [0.29, 0.717) is 13.1 Å². The monoisotopic (exact) mass is 231 g/mol. The third-order valence-electron chi connectivity index (χ3n) is 1.62. The molecule has 1 atom stereocenters. The van der Waals surface area contributed by atoms with Gasteiger partial charge in [0.05, 0.1) is 6.54 Å². The van der Waals surface area contributed by atoms with Crippen LogP contribution < -0.4 is 0 Å². The van der Waals surface area contributed by atoms with E-state index in [1.54, 1.807) is 0 Å². The Morgan fingerprint density at radius 1 is 1.45 bits per heavy atom. The van der Waals surface area contributed by atoms with Crippen LogP contribution in [0.3, 0.4) is 0 Å². The number of alkyl halides is 4. The van der Waals surface area contributed by atoms with Gasteiger partial charge in [0.1, 0.15) is 0 Å². The van der Waals surface area contributed by atoms with Gasteiger partial charge in [0.15, 0.2) is 0 Å². The zero-order chi connectivity index (χ0) is 8.48. The third kappa shape index (κ3) is 3.42. The molecule has 0 N–H and O–H groups in total. The summed E-state index contributed by atoms with van der Waals surface area (Å²) in [7, 11) is 0. The third-order valence-corrected chi connectivity index (χ3v) is 2.37. The summed E-state index contributed by atoms with van der Waals surface area (Å²) in [6.45, 7) is 0.296. The molecule has 0 aromatic heterocycles. The van der Waals surface area contributed by atoms with Crippen LogP contribution >= 0.6 is 15.9 Å². The van der Waals surface area contributed by atoms with Crippen molar-refractivity contribution in [3.8, 4) is 0 Å². The van der Waals surface area contributed by atoms with Gasteiger partial charge in [-0.3, -0.25) is 4.90 Å². The highest BCUT2D eigenvalue weighted by molar-refractivity contribution is 9.09. The van der Waals surface area contributed by atoms with Gasteiger partial charge in [-0.2, -0.15) is 13.2 Å². The first-order chi connectivity index (χ1) is 4.97. The van der Waals surface area contributed by atoms with Crippen molar-refractivity contribution in [1.82, 2.24) is 4.90 Å². The molecule has 1 aliphatic rings. The van der Waals surface area contributed by atoms with Crippen LogP contribution in [-0.4, -0.2) is 35.5 Å². The Balaban J connectivity index is 2.29. The lowest BCUT2D eigenvalue weighted by Gasteiger charge is -2.16. The molecule has 1 unspecified atom stereocenters. The molecule has 1 saturated heterocycles. The minimum atomic E-state index is -4.04. The zero-order valence-corrected chi connectivity index (χ0v) is 7.45. The highest BCUT2D eigenvalue weighted by Crippen LogP contribution is 2.22. The van der Waals surface area contributed by atoms with E-state index in [4.69, 9.17) is 0 Å². The van der Waals surface area contributed by atoms with E-state index in [9.17, 15) is 13.2 Å². The maximum absolute atomic E-state index is 11.8. The van der Waals surface area contributed by atoms with Crippen LogP contribution in [0.15, 0.2) is 0 Å². The zero-order valence-electron chi connectivity index (χ0n) is 5.86. The first-order valence-electron chi connectivity index (χ1n) is 3.40. The second-order valence-corrected chi connectivity index (χ2v) is 4.03. The Labute approximate surface area is 71.7 Å². The van der Waals surface area contributed by atoms with Gasteiger partial charge >= 0.3 is 6.18 Å². The lowest BCUT2D eigenvalue weighted by Crippen LogP contribution is -2.32. The number of hydrogen-bond donors (Lipinski definition) is 0. The minimum Gasteiger partial charge on any atom is -0.294 e. The van der Waals surface area contributed by atoms with Gasteiger partial charge < -0.3 is 0 Å². The fourth-order valence-corrected chi connectivity index (χ4v) is 1.80. The number of nitrogens with zero attached hydrogens (tertiary/aromatic N) is 1. The lowest BCUT2D eigenvalue weighted by molar-refractivity contribution is -0.143. The molecular weight excluding hydrogens is 223 g/mol. The van der Waals surface area contributed by atoms with Crippen LogP contribution in [0.1, 0.15) is 6.42 Å². The molecule has 0 spiro atoms. The average molecular weight is 232 g/mol. The van der Waals surface area contributed by atoms with E-state index in [1.807, 2.05) is 0 Å². The van der Waals surface area contributed by atoms with Crippen LogP contribution in [0.4, 0.5) is 13.2 Å². The molecule has 66 valence electrons. The maximum Gasteiger partial charge on any atom is 0.401 e. The van der Waals surface area contributed by atoms with Gasteiger partial charge in [0.2, 0.25) is 0 Å². The van der Waals surface area contributed by atoms with E-state index >= 15 is 0 Å². The molecule has 0 amide bonds. The molecule has 1 heterocycles. The highest BCUT2D eigenvalue weighted by Gasteiger charge is 2.33. The Morgan fingerprint density at radius 3 is 2.45 bits per heavy atom. The van der Waals surface area contributed by atoms with Crippen molar-refractivity contribution in [2.45, 2.75) is 17.4 Å². The first-order valence-corrected chi connectivity index (χ1v) is 4.32. The summed E-state index contributed by atoms with van der Waals surface area (Å²) in [5.41, 5.74) is 0. The summed E-state index contributed by atoms with van der Waals surface area (Å²) >= 11 is 3.28. The Bertz CT molecular complexity index is 136. The van der Waals surface area contributed by atoms with Gasteiger partial charge in [-0.15, -0.1) is 0 Å². The SMILES string of the molecule is FC(F)(F)CN1CCC(Br)C1. The van der Waals surface area contributed by atoms with Crippen molar-refractivity contribution in [2.24, 2.45) is 0 Å². The van der Waals surface area contributed by atoms with Crippen LogP contribution in [0.2, 0.25) is 0 Å². The summed E-state index contributed by atoms with van der Waals surface area (Å²) in [5, 5.41) is 0. The van der Waals surface area contributed by atoms with Gasteiger partial charge in [0.25, 0.3) is 0 Å². The molecule has 0 radical (unpaired) electrons. The van der Waals surface area contributed by atoms with E-state index in [0.717, 1.165) is 6.42 Å². The first kappa shape index (κ1) is 9.32. The molecule has 0 aromatic rings. The molecule has 0 aromatic carbocycles. The lowest BCUT2D eigenvalue weighted by atomic mass is 10.4. The summed E-state index contributed by atoms with van der Waals surface area (Å²) in [4.78, 5) is 1.66. The Hall–Kier alpha value is 0.230. The quantitative estimate of drug-likeness (QED) is 0.625. The van der Waals surface area contributed by atoms with Gasteiger partial charge in [0, 0.05) is 11.4 Å². The molecule has 0 aliphatic carbocycles. The molecule has 0 bridgehead atoms. The van der Waals surface area contributed by atoms with E-state index in [2.05, 4.69) is 15.9 Å². The Morgan fingerprint density at radius 2 is 2.09 bits per heavy atom. The number of halogens is 4. The van der Waals surface area contributed by atoms with Crippen molar-refractivity contribution in [3.05, 3.63) is 0 Å². The predicted molar refractivity (Wildman–Crippen MR) is 39.8 cm³/mol. The molecule has 5 heteroatoms. The minimum absolute atomic E-state index is 0.241. The second kappa shape index (κ2) is 3.31. The van der Waals surface area contributed by atoms with Gasteiger partial charge in [-0.1, -0.05) is 15.9 Å². The normalized spacial score (nSPS) is 27.8. The number of rotatable bonds is 1. The van der Waals surface area contributed by atoms with Gasteiger partial charge in [-0.25, -0.2) is 0 Å². The van der Waals surface area contributed by atoms with Crippen LogP contribution in [0.5, 0.6) is 0 Å². The predicted octanol–water partition coefficient (Wildman–Crippen LogP) is 2.02. The van der Waals surface area contributed by atoms with Crippen LogP contribution in [0.25, 0.3) is 0 Å². The molecule has 11 heavy (non-hydrogen) atoms. The van der Waals surface area contributed by atoms with E-state index < -0.39 is 12.7 Å². The van der Waals surface area contributed by atoms with Crippen LogP contribution in [0, 0.1) is 0 Å². The molecule has 0 saturated carbocycles. The van der Waals surface area contributed by atoms with Crippen LogP contribution in [-0.2, 0) is 0 Å². The van der Waals surface area contributed by atoms with Gasteiger partial charge in [-0.05, 0) is 13.0 Å². The number of hydrogen-bond acceptors (Lipinski definition) is 1. The van der Waals surface area contributed by atoms with Crippen molar-refractivity contribution in [3.63, 3.8) is 0 Å². The molecule has 1 rings (SSSR count). The van der Waals surface area contributed by atoms with E-state index in [-0.39, 0.29) is 4.83 Å². The molecular formula is C6H9BrF3N. The smallest absolute Gasteiger partial charge is 0.294 e. The fraction of sp³-hybridized carbons (Fsp3) is 1.00. The fourth-order valence-electron chi connectivity index (χ4n) is 1.18.